The number of H-pyrrole nitrogens is 1. The van der Waals surface area contributed by atoms with Gasteiger partial charge >= 0.3 is 0 Å². The summed E-state index contributed by atoms with van der Waals surface area (Å²) in [5.41, 5.74) is 3.33. The maximum Gasteiger partial charge on any atom is 0.253 e. The van der Waals surface area contributed by atoms with Gasteiger partial charge in [0.05, 0.1) is 6.54 Å². The minimum absolute atomic E-state index is 0.133. The first kappa shape index (κ1) is 21.5. The van der Waals surface area contributed by atoms with E-state index in [9.17, 15) is 9.18 Å². The maximum absolute atomic E-state index is 13.4. The first-order valence-electron chi connectivity index (χ1n) is 11.4. The van der Waals surface area contributed by atoms with E-state index in [1.54, 1.807) is 16.8 Å². The molecule has 8 heteroatoms. The van der Waals surface area contributed by atoms with Crippen LogP contribution >= 0.6 is 0 Å². The number of aromatic nitrogens is 5. The number of hydrogen-bond acceptors (Lipinski definition) is 5. The monoisotopic (exact) mass is 446 g/mol. The summed E-state index contributed by atoms with van der Waals surface area (Å²) in [5.74, 6) is 0.851. The minimum Gasteiger partial charge on any atom is -0.322 e. The van der Waals surface area contributed by atoms with Crippen molar-refractivity contribution in [1.82, 2.24) is 30.1 Å². The SMILES string of the molecule is Cc1ccc2[nH]c(=O)c([C@H](c3nnnn3Cc3ccc(F)cc3)N3CCC[C@H](C)C3)cc2c1. The molecular weight excluding hydrogens is 419 g/mol. The van der Waals surface area contributed by atoms with Crippen molar-refractivity contribution in [3.05, 3.63) is 87.2 Å². The zero-order valence-electron chi connectivity index (χ0n) is 18.8. The molecule has 1 N–H and O–H groups in total. The fourth-order valence-corrected chi connectivity index (χ4v) is 4.79. The molecule has 1 fully saturated rings. The van der Waals surface area contributed by atoms with E-state index in [0.717, 1.165) is 48.0 Å². The maximum atomic E-state index is 13.4. The number of pyridine rings is 1. The summed E-state index contributed by atoms with van der Waals surface area (Å²) in [4.78, 5) is 18.6. The molecule has 7 nitrogen and oxygen atoms in total. The van der Waals surface area contributed by atoms with Gasteiger partial charge in [-0.25, -0.2) is 9.07 Å². The summed E-state index contributed by atoms with van der Waals surface area (Å²) < 4.78 is 15.1. The normalized spacial score (nSPS) is 18.0. The third kappa shape index (κ3) is 4.43. The van der Waals surface area contributed by atoms with Crippen molar-refractivity contribution in [2.24, 2.45) is 5.92 Å². The van der Waals surface area contributed by atoms with Gasteiger partial charge in [-0.3, -0.25) is 9.69 Å². The Balaban J connectivity index is 1.62. The van der Waals surface area contributed by atoms with Crippen LogP contribution in [0.1, 0.15) is 48.3 Å². The summed E-state index contributed by atoms with van der Waals surface area (Å²) in [6.45, 7) is 6.39. The van der Waals surface area contributed by atoms with Crippen molar-refractivity contribution in [2.75, 3.05) is 13.1 Å². The average molecular weight is 447 g/mol. The van der Waals surface area contributed by atoms with Crippen LogP contribution in [0.4, 0.5) is 4.39 Å². The Morgan fingerprint density at radius 3 is 2.79 bits per heavy atom. The molecule has 5 rings (SSSR count). The molecule has 1 saturated heterocycles. The van der Waals surface area contributed by atoms with E-state index >= 15 is 0 Å². The van der Waals surface area contributed by atoms with Gasteiger partial charge in [0.25, 0.3) is 5.56 Å². The lowest BCUT2D eigenvalue weighted by atomic mass is 9.95. The number of benzene rings is 2. The first-order chi connectivity index (χ1) is 16.0. The number of rotatable bonds is 5. The lowest BCUT2D eigenvalue weighted by Gasteiger charge is -2.36. The molecule has 3 heterocycles. The second-order valence-electron chi connectivity index (χ2n) is 9.11. The van der Waals surface area contributed by atoms with Crippen molar-refractivity contribution in [3.63, 3.8) is 0 Å². The summed E-state index contributed by atoms with van der Waals surface area (Å²) in [7, 11) is 0. The van der Waals surface area contributed by atoms with Gasteiger partial charge in [-0.15, -0.1) is 5.10 Å². The van der Waals surface area contributed by atoms with E-state index < -0.39 is 0 Å². The van der Waals surface area contributed by atoms with E-state index in [2.05, 4.69) is 38.4 Å². The Hall–Kier alpha value is -3.39. The van der Waals surface area contributed by atoms with Gasteiger partial charge in [-0.1, -0.05) is 30.7 Å². The van der Waals surface area contributed by atoms with Crippen LogP contribution in [0.2, 0.25) is 0 Å². The molecular formula is C25H27FN6O. The molecule has 0 bridgehead atoms. The standard InChI is InChI=1S/C25H27FN6O/c1-16-5-10-22-19(12-16)13-21(25(33)27-22)23(31-11-3-4-17(2)14-31)24-28-29-30-32(24)15-18-6-8-20(26)9-7-18/h5-10,12-13,17,23H,3-4,11,14-15H2,1-2H3,(H,27,33)/t17-,23+/m0/s1. The number of nitrogens with zero attached hydrogens (tertiary/aromatic N) is 5. The molecule has 2 aromatic heterocycles. The molecule has 1 aliphatic rings. The fourth-order valence-electron chi connectivity index (χ4n) is 4.79. The summed E-state index contributed by atoms with van der Waals surface area (Å²) in [6, 6.07) is 13.9. The molecule has 0 aliphatic carbocycles. The zero-order valence-corrected chi connectivity index (χ0v) is 18.8. The van der Waals surface area contributed by atoms with Crippen molar-refractivity contribution in [3.8, 4) is 0 Å². The predicted molar refractivity (Wildman–Crippen MR) is 124 cm³/mol. The van der Waals surface area contributed by atoms with Gasteiger partial charge in [0.15, 0.2) is 5.82 Å². The molecule has 1 aliphatic heterocycles. The third-order valence-corrected chi connectivity index (χ3v) is 6.43. The molecule has 0 unspecified atom stereocenters. The third-order valence-electron chi connectivity index (χ3n) is 6.43. The highest BCUT2D eigenvalue weighted by atomic mass is 19.1. The average Bonchev–Trinajstić information content (AvgIpc) is 3.24. The number of nitrogens with one attached hydrogen (secondary N) is 1. The van der Waals surface area contributed by atoms with Gasteiger partial charge in [0.1, 0.15) is 11.9 Å². The van der Waals surface area contributed by atoms with Crippen molar-refractivity contribution in [2.45, 2.75) is 39.3 Å². The lowest BCUT2D eigenvalue weighted by molar-refractivity contribution is 0.141. The molecule has 0 amide bonds. The first-order valence-corrected chi connectivity index (χ1v) is 11.4. The number of aryl methyl sites for hydroxylation is 1. The summed E-state index contributed by atoms with van der Waals surface area (Å²) in [6.07, 6.45) is 2.22. The van der Waals surface area contributed by atoms with Crippen LogP contribution in [0, 0.1) is 18.7 Å². The molecule has 2 atom stereocenters. The lowest BCUT2D eigenvalue weighted by Crippen LogP contribution is -2.41. The molecule has 2 aromatic carbocycles. The van der Waals surface area contributed by atoms with Crippen LogP contribution in [0.15, 0.2) is 53.3 Å². The highest BCUT2D eigenvalue weighted by molar-refractivity contribution is 5.79. The Kier molecular flexibility index (Phi) is 5.76. The molecule has 33 heavy (non-hydrogen) atoms. The molecule has 4 aromatic rings. The van der Waals surface area contributed by atoms with Gasteiger partial charge in [-0.2, -0.15) is 0 Å². The number of likely N-dealkylation sites (tertiary alicyclic amines) is 1. The highest BCUT2D eigenvalue weighted by Crippen LogP contribution is 2.31. The van der Waals surface area contributed by atoms with Crippen molar-refractivity contribution >= 4 is 10.9 Å². The number of tetrazole rings is 1. The van der Waals surface area contributed by atoms with Crippen LogP contribution in [0.5, 0.6) is 0 Å². The largest absolute Gasteiger partial charge is 0.322 e. The summed E-state index contributed by atoms with van der Waals surface area (Å²) in [5, 5.41) is 13.5. The number of fused-ring (bicyclic) bond motifs is 1. The smallest absolute Gasteiger partial charge is 0.253 e. The van der Waals surface area contributed by atoms with Crippen LogP contribution in [0.25, 0.3) is 10.9 Å². The van der Waals surface area contributed by atoms with E-state index in [-0.39, 0.29) is 17.4 Å². The van der Waals surface area contributed by atoms with Crippen LogP contribution in [0.3, 0.4) is 0 Å². The minimum atomic E-state index is -0.378. The van der Waals surface area contributed by atoms with E-state index in [4.69, 9.17) is 0 Å². The van der Waals surface area contributed by atoms with Gasteiger partial charge in [0, 0.05) is 17.6 Å². The quantitative estimate of drug-likeness (QED) is 0.504. The second kappa shape index (κ2) is 8.86. The number of aromatic amines is 1. The van der Waals surface area contributed by atoms with E-state index in [1.165, 1.54) is 12.1 Å². The number of halogens is 1. The highest BCUT2D eigenvalue weighted by Gasteiger charge is 2.32. The van der Waals surface area contributed by atoms with Gasteiger partial charge < -0.3 is 4.98 Å². The van der Waals surface area contributed by atoms with E-state index in [0.29, 0.717) is 23.9 Å². The molecule has 0 saturated carbocycles. The van der Waals surface area contributed by atoms with Crippen molar-refractivity contribution < 1.29 is 4.39 Å². The second-order valence-corrected chi connectivity index (χ2v) is 9.11. The number of hydrogen-bond donors (Lipinski definition) is 1. The van der Waals surface area contributed by atoms with Crippen LogP contribution < -0.4 is 5.56 Å². The molecule has 0 radical (unpaired) electrons. The Morgan fingerprint density at radius 1 is 1.18 bits per heavy atom. The topological polar surface area (TPSA) is 79.7 Å². The zero-order chi connectivity index (χ0) is 22.9. The van der Waals surface area contributed by atoms with E-state index in [1.807, 2.05) is 25.1 Å². The Bertz CT molecular complexity index is 1330. The predicted octanol–water partition coefficient (Wildman–Crippen LogP) is 3.83. The van der Waals surface area contributed by atoms with Crippen LogP contribution in [-0.2, 0) is 6.54 Å². The fraction of sp³-hybridized carbons (Fsp3) is 0.360. The number of piperidine rings is 1. The molecule has 0 spiro atoms. The van der Waals surface area contributed by atoms with Crippen LogP contribution in [-0.4, -0.2) is 43.2 Å². The Labute approximate surface area is 191 Å². The van der Waals surface area contributed by atoms with Gasteiger partial charge in [0.2, 0.25) is 0 Å². The van der Waals surface area contributed by atoms with Gasteiger partial charge in [-0.05, 0) is 83.9 Å². The summed E-state index contributed by atoms with van der Waals surface area (Å²) >= 11 is 0. The molecule has 170 valence electrons. The Morgan fingerprint density at radius 2 is 2.00 bits per heavy atom. The van der Waals surface area contributed by atoms with Crippen molar-refractivity contribution in [1.29, 1.82) is 0 Å².